The molecule has 0 radical (unpaired) electrons. The summed E-state index contributed by atoms with van der Waals surface area (Å²) in [7, 11) is 0. The van der Waals surface area contributed by atoms with Crippen LogP contribution in [0.2, 0.25) is 0 Å². The molecule has 0 saturated carbocycles. The number of carboxylic acids is 1. The number of fused-ring (bicyclic) bond motifs is 1. The lowest BCUT2D eigenvalue weighted by molar-refractivity contribution is -0.150. The molecule has 0 aliphatic heterocycles. The van der Waals surface area contributed by atoms with Gasteiger partial charge in [0.2, 0.25) is 0 Å². The highest BCUT2D eigenvalue weighted by Crippen LogP contribution is 2.35. The third-order valence-corrected chi connectivity index (χ3v) is 7.76. The molecule has 0 fully saturated rings. The fourth-order valence-corrected chi connectivity index (χ4v) is 5.40. The Morgan fingerprint density at radius 2 is 1.50 bits per heavy atom. The van der Waals surface area contributed by atoms with Gasteiger partial charge in [0.25, 0.3) is 5.89 Å². The minimum Gasteiger partial charge on any atom is -0.474 e. The fourth-order valence-electron chi connectivity index (χ4n) is 5.40. The summed E-state index contributed by atoms with van der Waals surface area (Å²) in [5, 5.41) is 17.4. The van der Waals surface area contributed by atoms with Crippen LogP contribution in [0.3, 0.4) is 0 Å². The molecule has 1 heterocycles. The number of halogens is 3. The van der Waals surface area contributed by atoms with Gasteiger partial charge in [-0.05, 0) is 52.9 Å². The highest BCUT2D eigenvalue weighted by Gasteiger charge is 2.30. The number of rotatable bonds is 15. The van der Waals surface area contributed by atoms with Crippen LogP contribution in [0, 0.1) is 0 Å². The van der Waals surface area contributed by atoms with E-state index >= 15 is 0 Å². The predicted octanol–water partition coefficient (Wildman–Crippen LogP) is 8.47. The number of hydrogen-bond donors (Lipinski definition) is 2. The summed E-state index contributed by atoms with van der Waals surface area (Å²) >= 11 is 0. The molecule has 4 aromatic rings. The number of carbonyl (C=O) groups is 2. The van der Waals surface area contributed by atoms with Gasteiger partial charge in [-0.3, -0.25) is 4.79 Å². The zero-order valence-electron chi connectivity index (χ0n) is 24.8. The Morgan fingerprint density at radius 1 is 0.864 bits per heavy atom. The number of carboxylic acid groups (broad SMARTS) is 1. The molecule has 2 N–H and O–H groups in total. The van der Waals surface area contributed by atoms with Gasteiger partial charge in [-0.25, -0.2) is 4.79 Å². The Labute approximate surface area is 254 Å². The number of aromatic nitrogens is 2. The minimum atomic E-state index is -4.48. The lowest BCUT2D eigenvalue weighted by Gasteiger charge is -2.21. The number of nitrogens with one attached hydrogen (secondary N) is 1. The van der Waals surface area contributed by atoms with Crippen molar-refractivity contribution < 1.29 is 32.4 Å². The molecule has 0 aliphatic carbocycles. The third-order valence-electron chi connectivity index (χ3n) is 7.76. The molecule has 1 amide bonds. The second kappa shape index (κ2) is 15.5. The molecule has 234 valence electrons. The molecule has 1 aromatic heterocycles. The van der Waals surface area contributed by atoms with Crippen LogP contribution in [-0.2, 0) is 28.6 Å². The molecule has 0 saturated heterocycles. The van der Waals surface area contributed by atoms with Crippen molar-refractivity contribution in [1.29, 1.82) is 0 Å². The van der Waals surface area contributed by atoms with Crippen molar-refractivity contribution in [2.75, 3.05) is 0 Å². The van der Waals surface area contributed by atoms with Crippen LogP contribution >= 0.6 is 0 Å². The number of alkyl halides is 3. The number of unbranched alkanes of at least 4 members (excludes halogenated alkanes) is 8. The molecular weight excluding hydrogens is 571 g/mol. The molecule has 0 bridgehead atoms. The van der Waals surface area contributed by atoms with Crippen LogP contribution in [0.15, 0.2) is 65.2 Å². The first-order valence-electron chi connectivity index (χ1n) is 15.2. The van der Waals surface area contributed by atoms with E-state index in [4.69, 9.17) is 4.52 Å². The zero-order valence-corrected chi connectivity index (χ0v) is 24.8. The minimum absolute atomic E-state index is 0.0734. The Bertz CT molecular complexity index is 1530. The molecular formula is C34H38F3N3O4. The summed E-state index contributed by atoms with van der Waals surface area (Å²) in [5.41, 5.74) is 1.00. The number of aliphatic carboxylic acids is 1. The quantitative estimate of drug-likeness (QED) is 0.103. The van der Waals surface area contributed by atoms with Gasteiger partial charge in [0.05, 0.1) is 11.6 Å². The van der Waals surface area contributed by atoms with Crippen molar-refractivity contribution in [3.05, 3.63) is 83.2 Å². The van der Waals surface area contributed by atoms with E-state index < -0.39 is 29.7 Å². The van der Waals surface area contributed by atoms with Gasteiger partial charge in [0.15, 0.2) is 5.82 Å². The summed E-state index contributed by atoms with van der Waals surface area (Å²) in [6.45, 7) is 2.22. The van der Waals surface area contributed by atoms with E-state index in [0.717, 1.165) is 30.4 Å². The van der Waals surface area contributed by atoms with Crippen molar-refractivity contribution >= 4 is 22.6 Å². The number of amides is 1. The lowest BCUT2D eigenvalue weighted by Crippen LogP contribution is -2.35. The summed E-state index contributed by atoms with van der Waals surface area (Å²) in [4.78, 5) is 28.2. The van der Waals surface area contributed by atoms with Crippen molar-refractivity contribution in [3.63, 3.8) is 0 Å². The fraction of sp³-hybridized carbons (Fsp3) is 0.412. The van der Waals surface area contributed by atoms with Gasteiger partial charge in [-0.2, -0.15) is 18.2 Å². The van der Waals surface area contributed by atoms with E-state index in [2.05, 4.69) is 22.4 Å². The second-order valence-electron chi connectivity index (χ2n) is 11.1. The van der Waals surface area contributed by atoms with Gasteiger partial charge < -0.3 is 14.9 Å². The smallest absolute Gasteiger partial charge is 0.416 e. The van der Waals surface area contributed by atoms with E-state index in [0.29, 0.717) is 40.2 Å². The zero-order chi connectivity index (χ0) is 31.5. The maximum atomic E-state index is 13.1. The van der Waals surface area contributed by atoms with Gasteiger partial charge in [-0.15, -0.1) is 0 Å². The van der Waals surface area contributed by atoms with Gasteiger partial charge in [0, 0.05) is 12.0 Å². The third kappa shape index (κ3) is 8.90. The van der Waals surface area contributed by atoms with E-state index in [9.17, 15) is 27.9 Å². The van der Waals surface area contributed by atoms with Crippen LogP contribution in [-0.4, -0.2) is 27.1 Å². The normalized spacial score (nSPS) is 12.4. The lowest BCUT2D eigenvalue weighted by atomic mass is 9.91. The van der Waals surface area contributed by atoms with E-state index in [-0.39, 0.29) is 6.42 Å². The van der Waals surface area contributed by atoms with Crippen molar-refractivity contribution in [3.8, 4) is 11.5 Å². The molecule has 3 aromatic carbocycles. The van der Waals surface area contributed by atoms with E-state index in [1.54, 1.807) is 12.1 Å². The monoisotopic (exact) mass is 609 g/mol. The van der Waals surface area contributed by atoms with Crippen LogP contribution in [0.25, 0.3) is 22.2 Å². The summed E-state index contributed by atoms with van der Waals surface area (Å²) in [6.07, 6.45) is 7.28. The highest BCUT2D eigenvalue weighted by atomic mass is 19.4. The van der Waals surface area contributed by atoms with Crippen molar-refractivity contribution in [2.24, 2.45) is 0 Å². The number of hydrogen-bond acceptors (Lipinski definition) is 5. The second-order valence-corrected chi connectivity index (χ2v) is 11.1. The Morgan fingerprint density at radius 3 is 2.14 bits per heavy atom. The predicted molar refractivity (Wildman–Crippen MR) is 162 cm³/mol. The van der Waals surface area contributed by atoms with E-state index in [1.807, 2.05) is 24.3 Å². The first-order valence-corrected chi connectivity index (χ1v) is 15.2. The molecule has 7 nitrogen and oxygen atoms in total. The van der Waals surface area contributed by atoms with E-state index in [1.165, 1.54) is 57.1 Å². The van der Waals surface area contributed by atoms with Gasteiger partial charge in [0.1, 0.15) is 0 Å². The maximum Gasteiger partial charge on any atom is 0.416 e. The van der Waals surface area contributed by atoms with Gasteiger partial charge >= 0.3 is 18.1 Å². The first-order chi connectivity index (χ1) is 21.2. The molecule has 10 heteroatoms. The number of nitrogens with zero attached hydrogens (tertiary/aromatic N) is 2. The average molecular weight is 610 g/mol. The Kier molecular flexibility index (Phi) is 11.5. The molecule has 1 atom stereocenters. The van der Waals surface area contributed by atoms with Gasteiger partial charge in [-0.1, -0.05) is 106 Å². The van der Waals surface area contributed by atoms with Crippen LogP contribution < -0.4 is 5.32 Å². The average Bonchev–Trinajstić information content (AvgIpc) is 3.48. The molecule has 44 heavy (non-hydrogen) atoms. The Balaban J connectivity index is 1.51. The standard InChI is InChI=1S/C34H38F3N3O4/c1-2-3-4-5-6-7-8-9-10-15-30-39-32(44-40-30)28-21-20-27(25-13-11-12-14-26(25)28)29(38-31(41)33(42)43)22-23-16-18-24(19-17-23)34(35,36)37/h11-14,16-21,29H,2-10,15,22H2,1H3,(H,38,41)(H,42,43). The summed E-state index contributed by atoms with van der Waals surface area (Å²) in [6, 6.07) is 14.6. The molecule has 0 spiro atoms. The molecule has 0 aliphatic rings. The molecule has 1 unspecified atom stereocenters. The van der Waals surface area contributed by atoms with Crippen LogP contribution in [0.4, 0.5) is 13.2 Å². The molecule has 4 rings (SSSR count). The Hall–Kier alpha value is -4.21. The SMILES string of the molecule is CCCCCCCCCCCc1noc(-c2ccc(C(Cc3ccc(C(F)(F)F)cc3)NC(=O)C(=O)O)c3ccccc23)n1. The highest BCUT2D eigenvalue weighted by molar-refractivity contribution is 6.31. The van der Waals surface area contributed by atoms with Crippen molar-refractivity contribution in [1.82, 2.24) is 15.5 Å². The largest absolute Gasteiger partial charge is 0.474 e. The number of aryl methyl sites for hydroxylation is 1. The summed E-state index contributed by atoms with van der Waals surface area (Å²) in [5.74, 6) is -1.89. The maximum absolute atomic E-state index is 13.1. The van der Waals surface area contributed by atoms with Crippen molar-refractivity contribution in [2.45, 2.75) is 89.8 Å². The number of benzene rings is 3. The van der Waals surface area contributed by atoms with Crippen LogP contribution in [0.1, 0.15) is 93.3 Å². The first kappa shape index (κ1) is 32.7. The number of carbonyl (C=O) groups excluding carboxylic acids is 1. The topological polar surface area (TPSA) is 105 Å². The summed E-state index contributed by atoms with van der Waals surface area (Å²) < 4.78 is 44.8. The van der Waals surface area contributed by atoms with Crippen LogP contribution in [0.5, 0.6) is 0 Å².